The predicted octanol–water partition coefficient (Wildman–Crippen LogP) is 3.02. The number of aromatic nitrogens is 4. The fourth-order valence-corrected chi connectivity index (χ4v) is 4.04. The molecule has 8 nitrogen and oxygen atoms in total. The first-order chi connectivity index (χ1) is 14.4. The minimum Gasteiger partial charge on any atom is -0.490 e. The highest BCUT2D eigenvalue weighted by Gasteiger charge is 2.23. The van der Waals surface area contributed by atoms with Crippen LogP contribution in [0.5, 0.6) is 5.75 Å². The molecule has 1 atom stereocenters. The third-order valence-electron chi connectivity index (χ3n) is 5.86. The van der Waals surface area contributed by atoms with E-state index in [2.05, 4.69) is 26.8 Å². The molecule has 0 spiro atoms. The van der Waals surface area contributed by atoms with Crippen LogP contribution in [0.2, 0.25) is 0 Å². The molecule has 8 heteroatoms. The third-order valence-corrected chi connectivity index (χ3v) is 5.86. The van der Waals surface area contributed by atoms with Crippen molar-refractivity contribution < 1.29 is 9.84 Å². The molecule has 0 saturated heterocycles. The van der Waals surface area contributed by atoms with Crippen molar-refractivity contribution in [1.29, 1.82) is 0 Å². The van der Waals surface area contributed by atoms with Gasteiger partial charge in [0.25, 0.3) is 0 Å². The molecule has 3 aromatic rings. The summed E-state index contributed by atoms with van der Waals surface area (Å²) < 4.78 is 10.2. The van der Waals surface area contributed by atoms with Crippen molar-refractivity contribution in [3.63, 3.8) is 0 Å². The van der Waals surface area contributed by atoms with E-state index >= 15 is 0 Å². The first-order valence-electron chi connectivity index (χ1n) is 10.7. The van der Waals surface area contributed by atoms with Crippen molar-refractivity contribution in [3.05, 3.63) is 30.2 Å². The molecule has 2 heterocycles. The Labute approximate surface area is 177 Å². The van der Waals surface area contributed by atoms with Crippen LogP contribution in [0.1, 0.15) is 38.3 Å². The number of nitrogens with zero attached hydrogens (tertiary/aromatic N) is 4. The van der Waals surface area contributed by atoms with Crippen LogP contribution >= 0.6 is 0 Å². The van der Waals surface area contributed by atoms with Crippen LogP contribution in [0.3, 0.4) is 0 Å². The summed E-state index contributed by atoms with van der Waals surface area (Å²) in [5.41, 5.74) is 3.91. The molecule has 2 aromatic heterocycles. The molecule has 30 heavy (non-hydrogen) atoms. The molecule has 0 amide bonds. The number of imidazole rings is 1. The Bertz CT molecular complexity index is 981. The molecule has 1 unspecified atom stereocenters. The fraction of sp³-hybridized carbons (Fsp3) is 0.545. The zero-order chi connectivity index (χ0) is 21.3. The summed E-state index contributed by atoms with van der Waals surface area (Å²) in [6.45, 7) is 4.49. The van der Waals surface area contributed by atoms with Gasteiger partial charge in [-0.25, -0.2) is 4.98 Å². The minimum absolute atomic E-state index is 0.199. The highest BCUT2D eigenvalue weighted by molar-refractivity contribution is 5.91. The molecule has 1 aromatic carbocycles. The summed E-state index contributed by atoms with van der Waals surface area (Å²) in [4.78, 5) is 4.56. The van der Waals surface area contributed by atoms with Gasteiger partial charge < -0.3 is 25.0 Å². The van der Waals surface area contributed by atoms with E-state index < -0.39 is 0 Å². The molecule has 0 bridgehead atoms. The first-order valence-corrected chi connectivity index (χ1v) is 10.7. The van der Waals surface area contributed by atoms with Gasteiger partial charge in [0.1, 0.15) is 11.3 Å². The summed E-state index contributed by atoms with van der Waals surface area (Å²) in [5, 5.41) is 20.8. The molecule has 0 aliphatic heterocycles. The lowest BCUT2D eigenvalue weighted by molar-refractivity contribution is 0.131. The Morgan fingerprint density at radius 2 is 1.97 bits per heavy atom. The van der Waals surface area contributed by atoms with Crippen molar-refractivity contribution in [2.45, 2.75) is 57.8 Å². The molecular formula is C22H32N6O2. The van der Waals surface area contributed by atoms with Gasteiger partial charge in [-0.15, -0.1) is 0 Å². The second-order valence-corrected chi connectivity index (χ2v) is 8.46. The topological polar surface area (TPSA) is 89.2 Å². The SMILES string of the molecule is Cc1cc(Nc2cc(O[C@H]3CC[C@@H](NCC(C)O)CC3)cc3c2ncn3C)nn1C. The Kier molecular flexibility index (Phi) is 5.97. The van der Waals surface area contributed by atoms with E-state index in [0.717, 1.165) is 59.7 Å². The number of anilines is 2. The normalized spacial score (nSPS) is 20.4. The van der Waals surface area contributed by atoms with Crippen LogP contribution in [0.4, 0.5) is 11.5 Å². The standard InChI is InChI=1S/C22H32N6O2/c1-14-9-21(26-28(14)4)25-19-10-18(11-20-22(19)24-13-27(20)3)30-17-7-5-16(6-8-17)23-12-15(2)29/h9-11,13,15-17,23,29H,5-8,12H2,1-4H3,(H,25,26)/t15?,16-,17+. The van der Waals surface area contributed by atoms with E-state index in [-0.39, 0.29) is 12.2 Å². The maximum absolute atomic E-state index is 9.46. The number of ether oxygens (including phenoxy) is 1. The number of hydrogen-bond acceptors (Lipinski definition) is 6. The van der Waals surface area contributed by atoms with Gasteiger partial charge in [-0.05, 0) is 39.5 Å². The van der Waals surface area contributed by atoms with Crippen molar-refractivity contribution in [3.8, 4) is 5.75 Å². The van der Waals surface area contributed by atoms with Crippen LogP contribution in [-0.4, -0.2) is 49.2 Å². The van der Waals surface area contributed by atoms with Gasteiger partial charge in [-0.3, -0.25) is 4.68 Å². The molecule has 1 aliphatic rings. The molecule has 1 fully saturated rings. The number of aliphatic hydroxyl groups excluding tert-OH is 1. The average Bonchev–Trinajstić information content (AvgIpc) is 3.23. The fourth-order valence-electron chi connectivity index (χ4n) is 4.04. The summed E-state index contributed by atoms with van der Waals surface area (Å²) in [6.07, 6.45) is 5.84. The zero-order valence-electron chi connectivity index (χ0n) is 18.2. The summed E-state index contributed by atoms with van der Waals surface area (Å²) >= 11 is 0. The number of benzene rings is 1. The molecule has 1 saturated carbocycles. The molecule has 4 rings (SSSR count). The lowest BCUT2D eigenvalue weighted by Gasteiger charge is -2.30. The maximum atomic E-state index is 9.46. The molecule has 0 radical (unpaired) electrons. The lowest BCUT2D eigenvalue weighted by Crippen LogP contribution is -2.39. The van der Waals surface area contributed by atoms with Gasteiger partial charge in [0.15, 0.2) is 5.82 Å². The maximum Gasteiger partial charge on any atom is 0.152 e. The van der Waals surface area contributed by atoms with E-state index in [0.29, 0.717) is 12.6 Å². The van der Waals surface area contributed by atoms with Crippen molar-refractivity contribution in [2.24, 2.45) is 14.1 Å². The first kappa shape index (κ1) is 20.7. The number of aryl methyl sites for hydroxylation is 3. The minimum atomic E-state index is -0.307. The van der Waals surface area contributed by atoms with Gasteiger partial charge in [0.2, 0.25) is 0 Å². The number of aliphatic hydroxyl groups is 1. The van der Waals surface area contributed by atoms with E-state index in [4.69, 9.17) is 4.74 Å². The molecule has 162 valence electrons. The number of nitrogens with one attached hydrogen (secondary N) is 2. The van der Waals surface area contributed by atoms with Crippen LogP contribution < -0.4 is 15.4 Å². The number of rotatable bonds is 7. The Morgan fingerprint density at radius 1 is 1.20 bits per heavy atom. The third kappa shape index (κ3) is 4.60. The number of hydrogen-bond donors (Lipinski definition) is 3. The zero-order valence-corrected chi connectivity index (χ0v) is 18.2. The van der Waals surface area contributed by atoms with Gasteiger partial charge in [-0.1, -0.05) is 0 Å². The molecular weight excluding hydrogens is 380 g/mol. The van der Waals surface area contributed by atoms with E-state index in [1.54, 1.807) is 0 Å². The van der Waals surface area contributed by atoms with Crippen LogP contribution in [0, 0.1) is 6.92 Å². The van der Waals surface area contributed by atoms with Crippen molar-refractivity contribution >= 4 is 22.5 Å². The summed E-state index contributed by atoms with van der Waals surface area (Å²) in [5.74, 6) is 1.64. The van der Waals surface area contributed by atoms with Crippen LogP contribution in [0.25, 0.3) is 11.0 Å². The van der Waals surface area contributed by atoms with Gasteiger partial charge >= 0.3 is 0 Å². The average molecular weight is 413 g/mol. The summed E-state index contributed by atoms with van der Waals surface area (Å²) in [6, 6.07) is 6.57. The van der Waals surface area contributed by atoms with Crippen molar-refractivity contribution in [1.82, 2.24) is 24.6 Å². The van der Waals surface area contributed by atoms with Gasteiger partial charge in [0.05, 0.1) is 29.7 Å². The van der Waals surface area contributed by atoms with Gasteiger partial charge in [-0.2, -0.15) is 5.10 Å². The monoisotopic (exact) mass is 412 g/mol. The quantitative estimate of drug-likeness (QED) is 0.553. The molecule has 3 N–H and O–H groups in total. The van der Waals surface area contributed by atoms with E-state index in [1.165, 1.54) is 0 Å². The van der Waals surface area contributed by atoms with Crippen molar-refractivity contribution in [2.75, 3.05) is 11.9 Å². The van der Waals surface area contributed by atoms with E-state index in [9.17, 15) is 5.11 Å². The van der Waals surface area contributed by atoms with Crippen LogP contribution in [-0.2, 0) is 14.1 Å². The largest absolute Gasteiger partial charge is 0.490 e. The molecule has 1 aliphatic carbocycles. The van der Waals surface area contributed by atoms with Gasteiger partial charge in [0, 0.05) is 50.6 Å². The lowest BCUT2D eigenvalue weighted by atomic mass is 9.93. The highest BCUT2D eigenvalue weighted by atomic mass is 16.5. The summed E-state index contributed by atoms with van der Waals surface area (Å²) in [7, 11) is 3.93. The second kappa shape index (κ2) is 8.65. The smallest absolute Gasteiger partial charge is 0.152 e. The number of fused-ring (bicyclic) bond motifs is 1. The Morgan fingerprint density at radius 3 is 2.63 bits per heavy atom. The predicted molar refractivity (Wildman–Crippen MR) is 118 cm³/mol. The Balaban J connectivity index is 1.48. The Hall–Kier alpha value is -2.58. The second-order valence-electron chi connectivity index (χ2n) is 8.46. The highest BCUT2D eigenvalue weighted by Crippen LogP contribution is 2.32. The van der Waals surface area contributed by atoms with Crippen LogP contribution in [0.15, 0.2) is 24.5 Å². The van der Waals surface area contributed by atoms with E-state index in [1.807, 2.05) is 55.7 Å².